The predicted octanol–water partition coefficient (Wildman–Crippen LogP) is 2.78. The maximum atomic E-state index is 12.4. The number of sulfonamides is 1. The Kier molecular flexibility index (Phi) is 6.65. The molecule has 2 aromatic heterocycles. The van der Waals surface area contributed by atoms with Crippen LogP contribution in [0.5, 0.6) is 0 Å². The van der Waals surface area contributed by atoms with E-state index < -0.39 is 28.5 Å². The number of aryl methyl sites for hydroxylation is 1. The summed E-state index contributed by atoms with van der Waals surface area (Å²) in [5.41, 5.74) is 0.853. The number of esters is 1. The highest BCUT2D eigenvalue weighted by Crippen LogP contribution is 2.34. The van der Waals surface area contributed by atoms with E-state index in [0.717, 1.165) is 19.0 Å². The quantitative estimate of drug-likeness (QED) is 0.516. The highest BCUT2D eigenvalue weighted by Gasteiger charge is 2.21. The molecule has 12 heteroatoms. The van der Waals surface area contributed by atoms with Crippen molar-refractivity contribution in [3.05, 3.63) is 34.7 Å². The number of thiophene rings is 1. The van der Waals surface area contributed by atoms with Crippen LogP contribution in [0.1, 0.15) is 15.2 Å². The van der Waals surface area contributed by atoms with Gasteiger partial charge in [-0.3, -0.25) is 4.79 Å². The van der Waals surface area contributed by atoms with Crippen LogP contribution in [-0.4, -0.2) is 64.4 Å². The molecule has 9 nitrogen and oxygen atoms in total. The number of amides is 1. The molecule has 0 spiro atoms. The van der Waals surface area contributed by atoms with Gasteiger partial charge >= 0.3 is 5.97 Å². The van der Waals surface area contributed by atoms with E-state index >= 15 is 0 Å². The van der Waals surface area contributed by atoms with E-state index in [4.69, 9.17) is 4.74 Å². The number of fused-ring (bicyclic) bond motifs is 1. The van der Waals surface area contributed by atoms with Gasteiger partial charge in [-0.05, 0) is 30.7 Å². The minimum Gasteiger partial charge on any atom is -0.451 e. The molecule has 0 fully saturated rings. The Bertz CT molecular complexity index is 1210. The predicted molar refractivity (Wildman–Crippen MR) is 123 cm³/mol. The molecular formula is C19H22N4O5S3. The monoisotopic (exact) mass is 482 g/mol. The van der Waals surface area contributed by atoms with Crippen molar-refractivity contribution in [2.45, 2.75) is 11.8 Å². The summed E-state index contributed by atoms with van der Waals surface area (Å²) in [7, 11) is 3.00. The number of nitrogens with zero attached hydrogens (tertiary/aromatic N) is 3. The first kappa shape index (κ1) is 23.1. The first-order valence-corrected chi connectivity index (χ1v) is 12.1. The molecule has 3 aromatic rings. The van der Waals surface area contributed by atoms with Crippen LogP contribution < -0.4 is 10.2 Å². The van der Waals surface area contributed by atoms with Gasteiger partial charge in [-0.25, -0.2) is 22.5 Å². The summed E-state index contributed by atoms with van der Waals surface area (Å²) >= 11 is 2.67. The first-order chi connectivity index (χ1) is 14.5. The number of hydrogen-bond donors (Lipinski definition) is 1. The number of carbonyl (C=O) groups excluding carboxylic acids is 2. The lowest BCUT2D eigenvalue weighted by molar-refractivity contribution is -0.119. The number of anilines is 2. The van der Waals surface area contributed by atoms with Crippen molar-refractivity contribution < 1.29 is 22.7 Å². The minimum atomic E-state index is -3.65. The number of hydrogen-bond acceptors (Lipinski definition) is 9. The Morgan fingerprint density at radius 2 is 1.84 bits per heavy atom. The molecule has 31 heavy (non-hydrogen) atoms. The number of ether oxygens (including phenoxy) is 1. The van der Waals surface area contributed by atoms with E-state index in [0.29, 0.717) is 16.1 Å². The maximum Gasteiger partial charge on any atom is 0.348 e. The van der Waals surface area contributed by atoms with Gasteiger partial charge < -0.3 is 15.0 Å². The fraction of sp³-hybridized carbons (Fsp3) is 0.316. The van der Waals surface area contributed by atoms with E-state index in [1.54, 1.807) is 25.1 Å². The molecule has 0 aliphatic heterocycles. The van der Waals surface area contributed by atoms with Crippen LogP contribution in [0.4, 0.5) is 10.8 Å². The van der Waals surface area contributed by atoms with Crippen LogP contribution in [0, 0.1) is 6.92 Å². The van der Waals surface area contributed by atoms with Crippen LogP contribution >= 0.6 is 22.7 Å². The molecule has 0 radical (unpaired) electrons. The second kappa shape index (κ2) is 8.91. The molecule has 166 valence electrons. The van der Waals surface area contributed by atoms with Crippen LogP contribution in [-0.2, 0) is 19.6 Å². The van der Waals surface area contributed by atoms with Crippen molar-refractivity contribution in [1.82, 2.24) is 9.29 Å². The molecule has 0 unspecified atom stereocenters. The Balaban J connectivity index is 1.64. The molecule has 0 saturated heterocycles. The van der Waals surface area contributed by atoms with E-state index in [2.05, 4.69) is 10.3 Å². The van der Waals surface area contributed by atoms with Crippen LogP contribution in [0.3, 0.4) is 0 Å². The fourth-order valence-corrected chi connectivity index (χ4v) is 5.74. The minimum absolute atomic E-state index is 0.0931. The summed E-state index contributed by atoms with van der Waals surface area (Å²) in [4.78, 5) is 32.0. The van der Waals surface area contributed by atoms with Crippen molar-refractivity contribution in [3.63, 3.8) is 0 Å². The molecule has 0 bridgehead atoms. The maximum absolute atomic E-state index is 12.4. The van der Waals surface area contributed by atoms with Crippen LogP contribution in [0.2, 0.25) is 0 Å². The van der Waals surface area contributed by atoms with Crippen LogP contribution in [0.15, 0.2) is 29.2 Å². The average Bonchev–Trinajstić information content (AvgIpc) is 3.27. The zero-order valence-corrected chi connectivity index (χ0v) is 20.1. The van der Waals surface area contributed by atoms with E-state index in [9.17, 15) is 18.0 Å². The molecule has 2 heterocycles. The molecule has 1 N–H and O–H groups in total. The first-order valence-electron chi connectivity index (χ1n) is 9.07. The third kappa shape index (κ3) is 5.03. The van der Waals surface area contributed by atoms with Gasteiger partial charge in [0.25, 0.3) is 5.91 Å². The SMILES string of the molecule is Cc1ccc(NC(=O)COC(=O)c2cc3sc(N(C)C)nc3s2)cc1S(=O)(=O)N(C)C. The van der Waals surface area contributed by atoms with Crippen molar-refractivity contribution in [2.24, 2.45) is 0 Å². The zero-order chi connectivity index (χ0) is 22.9. The smallest absolute Gasteiger partial charge is 0.348 e. The van der Waals surface area contributed by atoms with Gasteiger partial charge in [-0.2, -0.15) is 0 Å². The highest BCUT2D eigenvalue weighted by atomic mass is 32.2. The van der Waals surface area contributed by atoms with Crippen molar-refractivity contribution in [3.8, 4) is 0 Å². The number of thiazole rings is 1. The molecule has 1 amide bonds. The normalized spacial score (nSPS) is 11.7. The van der Waals surface area contributed by atoms with Crippen molar-refractivity contribution in [2.75, 3.05) is 45.0 Å². The van der Waals surface area contributed by atoms with Gasteiger partial charge in [-0.1, -0.05) is 17.4 Å². The molecular weight excluding hydrogens is 460 g/mol. The highest BCUT2D eigenvalue weighted by molar-refractivity contribution is 7.89. The fourth-order valence-electron chi connectivity index (χ4n) is 2.57. The average molecular weight is 483 g/mol. The Morgan fingerprint density at radius 1 is 1.13 bits per heavy atom. The summed E-state index contributed by atoms with van der Waals surface area (Å²) in [6, 6.07) is 6.27. The van der Waals surface area contributed by atoms with Crippen molar-refractivity contribution in [1.29, 1.82) is 0 Å². The van der Waals surface area contributed by atoms with E-state index in [-0.39, 0.29) is 4.90 Å². The standard InChI is InChI=1S/C19H22N4O5S3/c1-11-6-7-12(8-15(11)31(26,27)23(4)5)20-16(24)10-28-18(25)14-9-13-17(29-14)21-19(30-13)22(2)3/h6-9H,10H2,1-5H3,(H,20,24). The van der Waals surface area contributed by atoms with Gasteiger partial charge in [0.2, 0.25) is 10.0 Å². The van der Waals surface area contributed by atoms with Gasteiger partial charge in [-0.15, -0.1) is 11.3 Å². The second-order valence-corrected chi connectivity index (χ2v) is 11.2. The summed E-state index contributed by atoms with van der Waals surface area (Å²) in [6.45, 7) is 1.18. The third-order valence-electron chi connectivity index (χ3n) is 4.23. The lowest BCUT2D eigenvalue weighted by atomic mass is 10.2. The third-order valence-corrected chi connectivity index (χ3v) is 8.49. The number of aromatic nitrogens is 1. The van der Waals surface area contributed by atoms with Gasteiger partial charge in [0.15, 0.2) is 11.7 Å². The van der Waals surface area contributed by atoms with Crippen molar-refractivity contribution >= 4 is 64.9 Å². The summed E-state index contributed by atoms with van der Waals surface area (Å²) in [5.74, 6) is -1.19. The second-order valence-electron chi connectivity index (χ2n) is 7.06. The van der Waals surface area contributed by atoms with E-state index in [1.165, 1.54) is 42.8 Å². The Labute approximate surface area is 188 Å². The lowest BCUT2D eigenvalue weighted by Crippen LogP contribution is -2.24. The summed E-state index contributed by atoms with van der Waals surface area (Å²) in [5, 5.41) is 3.40. The van der Waals surface area contributed by atoms with E-state index in [1.807, 2.05) is 19.0 Å². The number of benzene rings is 1. The summed E-state index contributed by atoms with van der Waals surface area (Å²) in [6.07, 6.45) is 0. The summed E-state index contributed by atoms with van der Waals surface area (Å²) < 4.78 is 31.9. The Hall–Kier alpha value is -2.54. The number of rotatable bonds is 7. The lowest BCUT2D eigenvalue weighted by Gasteiger charge is -2.15. The molecule has 1 aromatic carbocycles. The molecule has 0 aliphatic carbocycles. The van der Waals surface area contributed by atoms with Gasteiger partial charge in [0.1, 0.15) is 9.71 Å². The van der Waals surface area contributed by atoms with Crippen LogP contribution in [0.25, 0.3) is 9.53 Å². The van der Waals surface area contributed by atoms with Gasteiger partial charge in [0, 0.05) is 33.9 Å². The molecule has 0 aliphatic rings. The number of nitrogens with one attached hydrogen (secondary N) is 1. The number of carbonyl (C=O) groups is 2. The topological polar surface area (TPSA) is 109 Å². The largest absolute Gasteiger partial charge is 0.451 e. The zero-order valence-electron chi connectivity index (χ0n) is 17.6. The molecule has 0 saturated carbocycles. The Morgan fingerprint density at radius 3 is 2.45 bits per heavy atom. The van der Waals surface area contributed by atoms with Gasteiger partial charge in [0.05, 0.1) is 9.60 Å². The molecule has 3 rings (SSSR count). The molecule has 0 atom stereocenters.